The standard InChI is InChI=1S/C26H32N4O3/c1-19-9-11-22(12-10-19)26(3)24(32)30(25(33)27-26)18-23(31)29-14-6-13-28(15-16-29)17-21-8-5-4-7-20(21)2/h4-5,7-12H,6,13-18H2,1-3H3,(H,27,33). The molecule has 0 saturated carbocycles. The molecule has 0 radical (unpaired) electrons. The van der Waals surface area contributed by atoms with Gasteiger partial charge in [0.15, 0.2) is 0 Å². The van der Waals surface area contributed by atoms with Gasteiger partial charge in [-0.3, -0.25) is 19.4 Å². The van der Waals surface area contributed by atoms with Gasteiger partial charge in [0.05, 0.1) is 0 Å². The predicted octanol–water partition coefficient (Wildman–Crippen LogP) is 2.80. The molecule has 7 heteroatoms. The van der Waals surface area contributed by atoms with Gasteiger partial charge >= 0.3 is 6.03 Å². The summed E-state index contributed by atoms with van der Waals surface area (Å²) in [6.07, 6.45) is 0.860. The quantitative estimate of drug-likeness (QED) is 0.714. The van der Waals surface area contributed by atoms with Crippen LogP contribution in [0.1, 0.15) is 35.6 Å². The Kier molecular flexibility index (Phi) is 6.51. The molecule has 4 amide bonds. The summed E-state index contributed by atoms with van der Waals surface area (Å²) in [5, 5.41) is 2.78. The highest BCUT2D eigenvalue weighted by atomic mass is 16.2. The Morgan fingerprint density at radius 2 is 1.70 bits per heavy atom. The van der Waals surface area contributed by atoms with E-state index in [1.54, 1.807) is 11.8 Å². The zero-order chi connectivity index (χ0) is 23.6. The Morgan fingerprint density at radius 3 is 2.42 bits per heavy atom. The summed E-state index contributed by atoms with van der Waals surface area (Å²) in [5.74, 6) is -0.579. The summed E-state index contributed by atoms with van der Waals surface area (Å²) in [4.78, 5) is 44.0. The van der Waals surface area contributed by atoms with Gasteiger partial charge in [-0.1, -0.05) is 54.1 Å². The topological polar surface area (TPSA) is 73.0 Å². The van der Waals surface area contributed by atoms with Crippen molar-refractivity contribution in [2.24, 2.45) is 0 Å². The Bertz CT molecular complexity index is 1050. The lowest BCUT2D eigenvalue weighted by Gasteiger charge is -2.25. The number of nitrogens with zero attached hydrogens (tertiary/aromatic N) is 3. The minimum absolute atomic E-state index is 0.190. The van der Waals surface area contributed by atoms with E-state index in [9.17, 15) is 14.4 Å². The first-order valence-corrected chi connectivity index (χ1v) is 11.5. The minimum atomic E-state index is -1.16. The molecule has 1 N–H and O–H groups in total. The molecule has 2 heterocycles. The van der Waals surface area contributed by atoms with Crippen LogP contribution in [0.5, 0.6) is 0 Å². The fraction of sp³-hybridized carbons (Fsp3) is 0.423. The number of aryl methyl sites for hydroxylation is 2. The van der Waals surface area contributed by atoms with Crippen LogP contribution >= 0.6 is 0 Å². The molecule has 2 fully saturated rings. The van der Waals surface area contributed by atoms with Crippen LogP contribution in [0, 0.1) is 13.8 Å². The molecule has 7 nitrogen and oxygen atoms in total. The Morgan fingerprint density at radius 1 is 0.970 bits per heavy atom. The summed E-state index contributed by atoms with van der Waals surface area (Å²) in [7, 11) is 0. The highest BCUT2D eigenvalue weighted by molar-refractivity contribution is 6.09. The molecule has 1 atom stereocenters. The van der Waals surface area contributed by atoms with E-state index >= 15 is 0 Å². The zero-order valence-corrected chi connectivity index (χ0v) is 19.6. The third-order valence-corrected chi connectivity index (χ3v) is 6.79. The van der Waals surface area contributed by atoms with Crippen molar-refractivity contribution >= 4 is 17.8 Å². The molecule has 1 unspecified atom stereocenters. The maximum atomic E-state index is 13.2. The fourth-order valence-electron chi connectivity index (χ4n) is 4.57. The van der Waals surface area contributed by atoms with E-state index in [1.807, 2.05) is 37.3 Å². The lowest BCUT2D eigenvalue weighted by atomic mass is 9.91. The van der Waals surface area contributed by atoms with Crippen molar-refractivity contribution < 1.29 is 14.4 Å². The molecular weight excluding hydrogens is 416 g/mol. The van der Waals surface area contributed by atoms with Crippen molar-refractivity contribution in [3.8, 4) is 0 Å². The smallest absolute Gasteiger partial charge is 0.325 e. The van der Waals surface area contributed by atoms with Crippen molar-refractivity contribution in [3.05, 3.63) is 70.8 Å². The van der Waals surface area contributed by atoms with Crippen LogP contribution in [0.4, 0.5) is 4.79 Å². The van der Waals surface area contributed by atoms with Gasteiger partial charge in [-0.2, -0.15) is 0 Å². The van der Waals surface area contributed by atoms with Crippen molar-refractivity contribution in [2.75, 3.05) is 32.7 Å². The summed E-state index contributed by atoms with van der Waals surface area (Å²) in [5.41, 5.74) is 3.19. The van der Waals surface area contributed by atoms with E-state index in [0.29, 0.717) is 18.7 Å². The molecular formula is C26H32N4O3. The van der Waals surface area contributed by atoms with Gasteiger partial charge in [0, 0.05) is 32.7 Å². The van der Waals surface area contributed by atoms with Gasteiger partial charge in [-0.05, 0) is 43.9 Å². The first-order chi connectivity index (χ1) is 15.8. The summed E-state index contributed by atoms with van der Waals surface area (Å²) >= 11 is 0. The lowest BCUT2D eigenvalue weighted by molar-refractivity contribution is -0.138. The fourth-order valence-corrected chi connectivity index (χ4v) is 4.57. The van der Waals surface area contributed by atoms with E-state index in [0.717, 1.165) is 36.5 Å². The van der Waals surface area contributed by atoms with Crippen LogP contribution in [-0.4, -0.2) is 65.3 Å². The second-order valence-electron chi connectivity index (χ2n) is 9.25. The Labute approximate surface area is 195 Å². The molecule has 0 bridgehead atoms. The average Bonchev–Trinajstić information content (AvgIpc) is 2.94. The minimum Gasteiger partial charge on any atom is -0.340 e. The number of rotatable bonds is 5. The third kappa shape index (κ3) is 4.78. The first kappa shape index (κ1) is 23.0. The third-order valence-electron chi connectivity index (χ3n) is 6.79. The summed E-state index contributed by atoms with van der Waals surface area (Å²) in [6.45, 7) is 9.29. The van der Waals surface area contributed by atoms with Gasteiger partial charge in [0.1, 0.15) is 12.1 Å². The van der Waals surface area contributed by atoms with Crippen LogP contribution in [-0.2, 0) is 21.7 Å². The molecule has 4 rings (SSSR count). The highest BCUT2D eigenvalue weighted by Crippen LogP contribution is 2.29. The highest BCUT2D eigenvalue weighted by Gasteiger charge is 2.49. The van der Waals surface area contributed by atoms with E-state index in [1.165, 1.54) is 11.1 Å². The number of imide groups is 1. The zero-order valence-electron chi connectivity index (χ0n) is 19.6. The Balaban J connectivity index is 1.38. The molecule has 0 aromatic heterocycles. The molecule has 2 aromatic carbocycles. The SMILES string of the molecule is Cc1ccc(C2(C)NC(=O)N(CC(=O)N3CCCN(Cc4ccccc4C)CC3)C2=O)cc1. The molecule has 2 aliphatic rings. The number of carbonyl (C=O) groups is 3. The maximum Gasteiger partial charge on any atom is 0.325 e. The van der Waals surface area contributed by atoms with E-state index < -0.39 is 11.6 Å². The van der Waals surface area contributed by atoms with Crippen molar-refractivity contribution in [3.63, 3.8) is 0 Å². The Hall–Kier alpha value is -3.19. The molecule has 33 heavy (non-hydrogen) atoms. The second kappa shape index (κ2) is 9.35. The van der Waals surface area contributed by atoms with E-state index in [4.69, 9.17) is 0 Å². The molecule has 2 saturated heterocycles. The normalized spacial score (nSPS) is 21.8. The van der Waals surface area contributed by atoms with Gasteiger partial charge < -0.3 is 10.2 Å². The van der Waals surface area contributed by atoms with Crippen molar-refractivity contribution in [1.82, 2.24) is 20.0 Å². The van der Waals surface area contributed by atoms with Crippen molar-refractivity contribution in [1.29, 1.82) is 0 Å². The lowest BCUT2D eigenvalue weighted by Crippen LogP contribution is -2.45. The summed E-state index contributed by atoms with van der Waals surface area (Å²) in [6, 6.07) is 15.3. The molecule has 0 spiro atoms. The number of hydrogen-bond donors (Lipinski definition) is 1. The largest absolute Gasteiger partial charge is 0.340 e. The van der Waals surface area contributed by atoms with E-state index in [2.05, 4.69) is 35.3 Å². The van der Waals surface area contributed by atoms with Crippen molar-refractivity contribution in [2.45, 2.75) is 39.3 Å². The second-order valence-corrected chi connectivity index (χ2v) is 9.25. The number of nitrogens with one attached hydrogen (secondary N) is 1. The molecule has 2 aliphatic heterocycles. The number of hydrogen-bond acceptors (Lipinski definition) is 4. The number of carbonyl (C=O) groups excluding carboxylic acids is 3. The molecule has 2 aromatic rings. The first-order valence-electron chi connectivity index (χ1n) is 11.5. The van der Waals surface area contributed by atoms with Crippen LogP contribution < -0.4 is 5.32 Å². The number of amides is 4. The number of urea groups is 1. The average molecular weight is 449 g/mol. The van der Waals surface area contributed by atoms with Gasteiger partial charge in [-0.15, -0.1) is 0 Å². The van der Waals surface area contributed by atoms with Gasteiger partial charge in [0.25, 0.3) is 5.91 Å². The maximum absolute atomic E-state index is 13.2. The van der Waals surface area contributed by atoms with E-state index in [-0.39, 0.29) is 18.4 Å². The summed E-state index contributed by atoms with van der Waals surface area (Å²) < 4.78 is 0. The van der Waals surface area contributed by atoms with Gasteiger partial charge in [-0.25, -0.2) is 4.79 Å². The number of benzene rings is 2. The van der Waals surface area contributed by atoms with Crippen LogP contribution in [0.15, 0.2) is 48.5 Å². The van der Waals surface area contributed by atoms with Crippen LogP contribution in [0.25, 0.3) is 0 Å². The predicted molar refractivity (Wildman–Crippen MR) is 126 cm³/mol. The molecule has 0 aliphatic carbocycles. The molecule has 174 valence electrons. The van der Waals surface area contributed by atoms with Gasteiger partial charge in [0.2, 0.25) is 5.91 Å². The van der Waals surface area contributed by atoms with Crippen LogP contribution in [0.3, 0.4) is 0 Å². The monoisotopic (exact) mass is 448 g/mol. The van der Waals surface area contributed by atoms with Crippen LogP contribution in [0.2, 0.25) is 0 Å².